The fourth-order valence-corrected chi connectivity index (χ4v) is 2.21. The second-order valence-corrected chi connectivity index (χ2v) is 5.28. The molecule has 0 saturated heterocycles. The molecule has 0 spiro atoms. The van der Waals surface area contributed by atoms with Crippen LogP contribution in [0.2, 0.25) is 0 Å². The maximum absolute atomic E-state index is 5.50. The second kappa shape index (κ2) is 7.18. The van der Waals surface area contributed by atoms with Gasteiger partial charge in [-0.25, -0.2) is 0 Å². The minimum Gasteiger partial charge on any atom is -0.490 e. The van der Waals surface area contributed by atoms with Gasteiger partial charge in [-0.1, -0.05) is 33.2 Å². The first-order valence-corrected chi connectivity index (χ1v) is 7.09. The number of ether oxygens (including phenoxy) is 1. The van der Waals surface area contributed by atoms with Crippen LogP contribution in [0.4, 0.5) is 0 Å². The fourth-order valence-electron chi connectivity index (χ4n) is 1.26. The van der Waals surface area contributed by atoms with Gasteiger partial charge in [0, 0.05) is 9.35 Å². The average molecular weight is 326 g/mol. The Balaban J connectivity index is 1.64. The van der Waals surface area contributed by atoms with Crippen LogP contribution in [-0.2, 0) is 4.84 Å². The number of halogens is 1. The number of oxime groups is 1. The van der Waals surface area contributed by atoms with Crippen molar-refractivity contribution in [2.24, 2.45) is 5.16 Å². The highest BCUT2D eigenvalue weighted by Gasteiger charge is 1.94. The molecule has 0 N–H and O–H groups in total. The topological polar surface area (TPSA) is 30.8 Å². The Morgan fingerprint density at radius 2 is 2.17 bits per heavy atom. The van der Waals surface area contributed by atoms with Crippen molar-refractivity contribution < 1.29 is 9.57 Å². The van der Waals surface area contributed by atoms with Crippen molar-refractivity contribution in [2.75, 3.05) is 13.2 Å². The van der Waals surface area contributed by atoms with E-state index in [0.717, 1.165) is 15.1 Å². The van der Waals surface area contributed by atoms with Gasteiger partial charge in [0.1, 0.15) is 12.4 Å². The summed E-state index contributed by atoms with van der Waals surface area (Å²) in [5.74, 6) is 0.815. The molecule has 2 aromatic rings. The van der Waals surface area contributed by atoms with E-state index in [0.29, 0.717) is 13.2 Å². The minimum absolute atomic E-state index is 0.425. The van der Waals surface area contributed by atoms with Crippen molar-refractivity contribution in [3.8, 4) is 5.75 Å². The predicted molar refractivity (Wildman–Crippen MR) is 77.5 cm³/mol. The van der Waals surface area contributed by atoms with Crippen molar-refractivity contribution in [3.05, 3.63) is 51.1 Å². The van der Waals surface area contributed by atoms with Gasteiger partial charge in [-0.3, -0.25) is 0 Å². The zero-order valence-corrected chi connectivity index (χ0v) is 12.0. The summed E-state index contributed by atoms with van der Waals surface area (Å²) in [6.45, 7) is 0.895. The number of hydrogen-bond acceptors (Lipinski definition) is 4. The van der Waals surface area contributed by atoms with Crippen molar-refractivity contribution in [1.82, 2.24) is 0 Å². The van der Waals surface area contributed by atoms with Crippen LogP contribution in [0, 0.1) is 0 Å². The molecular weight excluding hydrogens is 314 g/mol. The maximum atomic E-state index is 5.50. The Kier molecular flexibility index (Phi) is 5.23. The Morgan fingerprint density at radius 3 is 2.94 bits per heavy atom. The summed E-state index contributed by atoms with van der Waals surface area (Å²) in [5.41, 5.74) is 0. The van der Waals surface area contributed by atoms with Gasteiger partial charge in [-0.2, -0.15) is 0 Å². The highest BCUT2D eigenvalue weighted by Crippen LogP contribution is 2.17. The summed E-state index contributed by atoms with van der Waals surface area (Å²) < 4.78 is 6.49. The van der Waals surface area contributed by atoms with Gasteiger partial charge in [0.05, 0.1) is 6.21 Å². The Morgan fingerprint density at radius 1 is 1.22 bits per heavy atom. The molecule has 18 heavy (non-hydrogen) atoms. The van der Waals surface area contributed by atoms with Crippen molar-refractivity contribution in [1.29, 1.82) is 0 Å². The third-order valence-corrected chi connectivity index (χ3v) is 3.34. The monoisotopic (exact) mass is 325 g/mol. The van der Waals surface area contributed by atoms with Crippen LogP contribution in [-0.4, -0.2) is 19.4 Å². The van der Waals surface area contributed by atoms with Gasteiger partial charge in [0.25, 0.3) is 0 Å². The van der Waals surface area contributed by atoms with E-state index in [1.165, 1.54) is 0 Å². The molecule has 0 aliphatic heterocycles. The summed E-state index contributed by atoms with van der Waals surface area (Å²) in [6, 6.07) is 11.6. The van der Waals surface area contributed by atoms with Crippen LogP contribution in [0.1, 0.15) is 4.88 Å². The molecular formula is C13H12BrNO2S. The molecule has 1 aromatic heterocycles. The highest BCUT2D eigenvalue weighted by molar-refractivity contribution is 9.10. The number of thiophene rings is 1. The Bertz CT molecular complexity index is 499. The lowest BCUT2D eigenvalue weighted by Crippen LogP contribution is -2.04. The number of rotatable bonds is 6. The second-order valence-electron chi connectivity index (χ2n) is 3.39. The van der Waals surface area contributed by atoms with E-state index in [1.807, 2.05) is 41.8 Å². The van der Waals surface area contributed by atoms with E-state index in [-0.39, 0.29) is 0 Å². The van der Waals surface area contributed by atoms with E-state index in [2.05, 4.69) is 21.1 Å². The van der Waals surface area contributed by atoms with Gasteiger partial charge in [0.15, 0.2) is 6.61 Å². The quantitative estimate of drug-likeness (QED) is 0.457. The SMILES string of the molecule is Brc1cccc(OCCO/N=C/c2cccs2)c1. The van der Waals surface area contributed by atoms with Crippen molar-refractivity contribution in [2.45, 2.75) is 0 Å². The lowest BCUT2D eigenvalue weighted by atomic mass is 10.3. The molecule has 0 aliphatic carbocycles. The lowest BCUT2D eigenvalue weighted by molar-refractivity contribution is 0.108. The first kappa shape index (κ1) is 13.1. The Hall–Kier alpha value is -1.33. The van der Waals surface area contributed by atoms with Crippen LogP contribution in [0.25, 0.3) is 0 Å². The normalized spacial score (nSPS) is 10.7. The molecule has 1 aromatic carbocycles. The molecule has 0 amide bonds. The van der Waals surface area contributed by atoms with E-state index >= 15 is 0 Å². The summed E-state index contributed by atoms with van der Waals surface area (Å²) in [6.07, 6.45) is 1.70. The molecule has 0 atom stereocenters. The number of benzene rings is 1. The van der Waals surface area contributed by atoms with E-state index in [4.69, 9.17) is 9.57 Å². The average Bonchev–Trinajstić information content (AvgIpc) is 2.87. The third kappa shape index (κ3) is 4.50. The summed E-state index contributed by atoms with van der Waals surface area (Å²) >= 11 is 5.00. The Labute approximate surface area is 118 Å². The van der Waals surface area contributed by atoms with Gasteiger partial charge < -0.3 is 9.57 Å². The van der Waals surface area contributed by atoms with Crippen LogP contribution in [0.15, 0.2) is 51.4 Å². The predicted octanol–water partition coefficient (Wildman–Crippen LogP) is 3.94. The molecule has 5 heteroatoms. The molecule has 0 bridgehead atoms. The van der Waals surface area contributed by atoms with Gasteiger partial charge in [-0.05, 0) is 29.6 Å². The standard InChI is InChI=1S/C13H12BrNO2S/c14-11-3-1-4-12(9-11)16-6-7-17-15-10-13-5-2-8-18-13/h1-5,8-10H,6-7H2/b15-10+. The van der Waals surface area contributed by atoms with Gasteiger partial charge in [0.2, 0.25) is 0 Å². The molecule has 1 heterocycles. The van der Waals surface area contributed by atoms with Crippen LogP contribution >= 0.6 is 27.3 Å². The molecule has 2 rings (SSSR count). The van der Waals surface area contributed by atoms with Crippen molar-refractivity contribution in [3.63, 3.8) is 0 Å². The maximum Gasteiger partial charge on any atom is 0.151 e. The third-order valence-electron chi connectivity index (χ3n) is 2.04. The minimum atomic E-state index is 0.425. The lowest BCUT2D eigenvalue weighted by Gasteiger charge is -2.05. The molecule has 0 unspecified atom stereocenters. The van der Waals surface area contributed by atoms with Crippen LogP contribution < -0.4 is 4.74 Å². The molecule has 0 radical (unpaired) electrons. The molecule has 0 fully saturated rings. The summed E-state index contributed by atoms with van der Waals surface area (Å²) in [7, 11) is 0. The highest BCUT2D eigenvalue weighted by atomic mass is 79.9. The molecule has 0 aliphatic rings. The van der Waals surface area contributed by atoms with E-state index in [9.17, 15) is 0 Å². The van der Waals surface area contributed by atoms with Crippen LogP contribution in [0.5, 0.6) is 5.75 Å². The van der Waals surface area contributed by atoms with Crippen molar-refractivity contribution >= 4 is 33.5 Å². The molecule has 0 saturated carbocycles. The molecule has 94 valence electrons. The number of nitrogens with zero attached hydrogens (tertiary/aromatic N) is 1. The summed E-state index contributed by atoms with van der Waals surface area (Å²) in [4.78, 5) is 6.17. The summed E-state index contributed by atoms with van der Waals surface area (Å²) in [5, 5.41) is 5.86. The van der Waals surface area contributed by atoms with Gasteiger partial charge in [-0.15, -0.1) is 11.3 Å². The molecule has 3 nitrogen and oxygen atoms in total. The first-order chi connectivity index (χ1) is 8.84. The van der Waals surface area contributed by atoms with E-state index < -0.39 is 0 Å². The largest absolute Gasteiger partial charge is 0.490 e. The zero-order valence-electron chi connectivity index (χ0n) is 9.58. The van der Waals surface area contributed by atoms with Crippen LogP contribution in [0.3, 0.4) is 0 Å². The van der Waals surface area contributed by atoms with E-state index in [1.54, 1.807) is 17.6 Å². The van der Waals surface area contributed by atoms with Gasteiger partial charge >= 0.3 is 0 Å². The number of hydrogen-bond donors (Lipinski definition) is 0. The first-order valence-electron chi connectivity index (χ1n) is 5.42. The smallest absolute Gasteiger partial charge is 0.151 e. The fraction of sp³-hybridized carbons (Fsp3) is 0.154. The zero-order chi connectivity index (χ0) is 12.6.